The molecule has 0 N–H and O–H groups in total. The molecule has 2 heterocycles. The molecule has 2 aromatic heterocycles. The molecule has 0 unspecified atom stereocenters. The fourth-order valence-electron chi connectivity index (χ4n) is 1.33. The standard InChI is InChI=1S/C11H8F3N3/c1-7-5-15-6-10(17-7)9-4-8(2-3-16-9)11(12,13)14/h2-6H,1H3. The van der Waals surface area contributed by atoms with Crippen LogP contribution >= 0.6 is 0 Å². The smallest absolute Gasteiger partial charge is 0.261 e. The Morgan fingerprint density at radius 3 is 2.53 bits per heavy atom. The number of halogens is 3. The van der Waals surface area contributed by atoms with Crippen molar-refractivity contribution in [2.45, 2.75) is 13.1 Å². The summed E-state index contributed by atoms with van der Waals surface area (Å²) in [7, 11) is 0. The van der Waals surface area contributed by atoms with Gasteiger partial charge in [-0.25, -0.2) is 4.98 Å². The molecule has 2 rings (SSSR count). The molecule has 0 spiro atoms. The molecular weight excluding hydrogens is 231 g/mol. The third-order valence-corrected chi connectivity index (χ3v) is 2.10. The highest BCUT2D eigenvalue weighted by Gasteiger charge is 2.30. The highest BCUT2D eigenvalue weighted by molar-refractivity contribution is 5.53. The van der Waals surface area contributed by atoms with E-state index in [2.05, 4.69) is 15.0 Å². The highest BCUT2D eigenvalue weighted by atomic mass is 19.4. The molecule has 0 aliphatic heterocycles. The Morgan fingerprint density at radius 2 is 1.88 bits per heavy atom. The second-order valence-electron chi connectivity index (χ2n) is 3.47. The molecule has 3 nitrogen and oxygen atoms in total. The lowest BCUT2D eigenvalue weighted by atomic mass is 10.2. The van der Waals surface area contributed by atoms with Crippen molar-refractivity contribution in [1.29, 1.82) is 0 Å². The summed E-state index contributed by atoms with van der Waals surface area (Å²) >= 11 is 0. The van der Waals surface area contributed by atoms with Gasteiger partial charge >= 0.3 is 6.18 Å². The lowest BCUT2D eigenvalue weighted by molar-refractivity contribution is -0.137. The summed E-state index contributed by atoms with van der Waals surface area (Å²) < 4.78 is 37.5. The summed E-state index contributed by atoms with van der Waals surface area (Å²) in [6.07, 6.45) is -0.357. The van der Waals surface area contributed by atoms with Crippen molar-refractivity contribution in [2.75, 3.05) is 0 Å². The first-order valence-corrected chi connectivity index (χ1v) is 4.79. The lowest BCUT2D eigenvalue weighted by Crippen LogP contribution is -2.05. The van der Waals surface area contributed by atoms with E-state index in [-0.39, 0.29) is 5.69 Å². The quantitative estimate of drug-likeness (QED) is 0.768. The molecule has 0 aromatic carbocycles. The van der Waals surface area contributed by atoms with Crippen LogP contribution in [0.25, 0.3) is 11.4 Å². The molecule has 0 saturated carbocycles. The largest absolute Gasteiger partial charge is 0.416 e. The van der Waals surface area contributed by atoms with Crippen molar-refractivity contribution in [2.24, 2.45) is 0 Å². The zero-order chi connectivity index (χ0) is 12.5. The van der Waals surface area contributed by atoms with Gasteiger partial charge in [-0.3, -0.25) is 9.97 Å². The van der Waals surface area contributed by atoms with Crippen molar-refractivity contribution in [3.63, 3.8) is 0 Å². The maximum atomic E-state index is 12.5. The molecule has 0 saturated heterocycles. The molecule has 0 bridgehead atoms. The van der Waals surface area contributed by atoms with Gasteiger partial charge in [-0.05, 0) is 19.1 Å². The van der Waals surface area contributed by atoms with E-state index >= 15 is 0 Å². The van der Waals surface area contributed by atoms with Gasteiger partial charge in [0.2, 0.25) is 0 Å². The Bertz CT molecular complexity index is 537. The van der Waals surface area contributed by atoms with E-state index in [0.29, 0.717) is 11.4 Å². The van der Waals surface area contributed by atoms with Crippen LogP contribution < -0.4 is 0 Å². The van der Waals surface area contributed by atoms with Gasteiger partial charge in [0.05, 0.1) is 23.1 Å². The molecular formula is C11H8F3N3. The minimum absolute atomic E-state index is 0.163. The minimum Gasteiger partial charge on any atom is -0.261 e. The first-order chi connectivity index (χ1) is 7.97. The van der Waals surface area contributed by atoms with Gasteiger partial charge in [-0.2, -0.15) is 13.2 Å². The van der Waals surface area contributed by atoms with E-state index in [1.807, 2.05) is 0 Å². The fourth-order valence-corrected chi connectivity index (χ4v) is 1.33. The van der Waals surface area contributed by atoms with E-state index in [4.69, 9.17) is 0 Å². The van der Waals surface area contributed by atoms with Crippen LogP contribution in [-0.2, 0) is 6.18 Å². The average Bonchev–Trinajstić information content (AvgIpc) is 2.28. The molecule has 88 valence electrons. The topological polar surface area (TPSA) is 38.7 Å². The number of rotatable bonds is 1. The van der Waals surface area contributed by atoms with Crippen LogP contribution in [0.4, 0.5) is 13.2 Å². The lowest BCUT2D eigenvalue weighted by Gasteiger charge is -2.07. The highest BCUT2D eigenvalue weighted by Crippen LogP contribution is 2.30. The number of alkyl halides is 3. The van der Waals surface area contributed by atoms with Crippen LogP contribution in [0.5, 0.6) is 0 Å². The normalized spacial score (nSPS) is 11.5. The summed E-state index contributed by atoms with van der Waals surface area (Å²) in [6.45, 7) is 1.71. The van der Waals surface area contributed by atoms with Gasteiger partial charge in [0.25, 0.3) is 0 Å². The van der Waals surface area contributed by atoms with Crippen molar-refractivity contribution in [3.05, 3.63) is 42.0 Å². The van der Waals surface area contributed by atoms with Crippen LogP contribution in [0, 0.1) is 6.92 Å². The Kier molecular flexibility index (Phi) is 2.79. The number of hydrogen-bond acceptors (Lipinski definition) is 3. The van der Waals surface area contributed by atoms with Gasteiger partial charge in [-0.15, -0.1) is 0 Å². The molecule has 0 fully saturated rings. The molecule has 0 aliphatic carbocycles. The zero-order valence-corrected chi connectivity index (χ0v) is 8.86. The number of aromatic nitrogens is 3. The van der Waals surface area contributed by atoms with Crippen molar-refractivity contribution >= 4 is 0 Å². The number of nitrogens with zero attached hydrogens (tertiary/aromatic N) is 3. The molecule has 0 radical (unpaired) electrons. The van der Waals surface area contributed by atoms with Gasteiger partial charge in [-0.1, -0.05) is 0 Å². The maximum absolute atomic E-state index is 12.5. The van der Waals surface area contributed by atoms with Crippen LogP contribution in [0.2, 0.25) is 0 Å². The second-order valence-corrected chi connectivity index (χ2v) is 3.47. The summed E-state index contributed by atoms with van der Waals surface area (Å²) in [6, 6.07) is 1.89. The van der Waals surface area contributed by atoms with Crippen molar-refractivity contribution < 1.29 is 13.2 Å². The average molecular weight is 239 g/mol. The molecule has 2 aromatic rings. The van der Waals surface area contributed by atoms with Crippen LogP contribution in [0.3, 0.4) is 0 Å². The Morgan fingerprint density at radius 1 is 1.12 bits per heavy atom. The molecule has 0 aliphatic rings. The van der Waals surface area contributed by atoms with Gasteiger partial charge in [0.1, 0.15) is 5.69 Å². The molecule has 17 heavy (non-hydrogen) atoms. The number of pyridine rings is 1. The van der Waals surface area contributed by atoms with E-state index in [1.54, 1.807) is 6.92 Å². The summed E-state index contributed by atoms with van der Waals surface area (Å²) in [4.78, 5) is 11.8. The summed E-state index contributed by atoms with van der Waals surface area (Å²) in [5, 5.41) is 0. The van der Waals surface area contributed by atoms with Gasteiger partial charge in [0, 0.05) is 12.4 Å². The fraction of sp³-hybridized carbons (Fsp3) is 0.182. The predicted octanol–water partition coefficient (Wildman–Crippen LogP) is 2.87. The van der Waals surface area contributed by atoms with E-state index in [9.17, 15) is 13.2 Å². The third-order valence-electron chi connectivity index (χ3n) is 2.10. The monoisotopic (exact) mass is 239 g/mol. The zero-order valence-electron chi connectivity index (χ0n) is 8.86. The Balaban J connectivity index is 2.47. The SMILES string of the molecule is Cc1cncc(-c2cc(C(F)(F)F)ccn2)n1. The number of hydrogen-bond donors (Lipinski definition) is 0. The van der Waals surface area contributed by atoms with E-state index in [1.165, 1.54) is 12.4 Å². The predicted molar refractivity (Wildman–Crippen MR) is 55.0 cm³/mol. The first kappa shape index (κ1) is 11.5. The van der Waals surface area contributed by atoms with Crippen LogP contribution in [0.1, 0.15) is 11.3 Å². The first-order valence-electron chi connectivity index (χ1n) is 4.79. The third kappa shape index (κ3) is 2.58. The van der Waals surface area contributed by atoms with Gasteiger partial charge in [0.15, 0.2) is 0 Å². The molecule has 6 heteroatoms. The Hall–Kier alpha value is -1.98. The van der Waals surface area contributed by atoms with E-state index < -0.39 is 11.7 Å². The van der Waals surface area contributed by atoms with Crippen LogP contribution in [-0.4, -0.2) is 15.0 Å². The second kappa shape index (κ2) is 4.12. The van der Waals surface area contributed by atoms with E-state index in [0.717, 1.165) is 18.3 Å². The van der Waals surface area contributed by atoms with Crippen LogP contribution in [0.15, 0.2) is 30.7 Å². The van der Waals surface area contributed by atoms with Crippen molar-refractivity contribution in [1.82, 2.24) is 15.0 Å². The molecule has 0 atom stereocenters. The van der Waals surface area contributed by atoms with Gasteiger partial charge < -0.3 is 0 Å². The summed E-state index contributed by atoms with van der Waals surface area (Å²) in [5.74, 6) is 0. The number of aryl methyl sites for hydroxylation is 1. The summed E-state index contributed by atoms with van der Waals surface area (Å²) in [5.41, 5.74) is 0.375. The minimum atomic E-state index is -4.38. The Labute approximate surface area is 95.4 Å². The molecule has 0 amide bonds. The van der Waals surface area contributed by atoms with Crippen molar-refractivity contribution in [3.8, 4) is 11.4 Å². The maximum Gasteiger partial charge on any atom is 0.416 e.